The Morgan fingerprint density at radius 1 is 1.50 bits per heavy atom. The van der Waals surface area contributed by atoms with Crippen LogP contribution in [0.15, 0.2) is 0 Å². The Kier molecular flexibility index (Phi) is 3.43. The molecule has 2 aliphatic rings. The van der Waals surface area contributed by atoms with Crippen molar-refractivity contribution in [1.29, 1.82) is 0 Å². The highest BCUT2D eigenvalue weighted by Crippen LogP contribution is 2.55. The van der Waals surface area contributed by atoms with E-state index in [2.05, 4.69) is 0 Å². The van der Waals surface area contributed by atoms with Gasteiger partial charge in [0, 0.05) is 0 Å². The summed E-state index contributed by atoms with van der Waals surface area (Å²) in [6, 6.07) is -0.384. The Morgan fingerprint density at radius 3 is 2.43 bits per heavy atom. The number of carbonyl (C=O) groups is 1. The molecule has 0 aromatic rings. The number of hydrogen-bond acceptors (Lipinski definition) is 3. The van der Waals surface area contributed by atoms with Crippen molar-refractivity contribution in [3.05, 3.63) is 0 Å². The highest BCUT2D eigenvalue weighted by atomic mass is 35.5. The number of carbonyl (C=O) groups excluding carboxylic acids is 1. The third-order valence-electron chi connectivity index (χ3n) is 3.91. The van der Waals surface area contributed by atoms with E-state index in [-0.39, 0.29) is 29.8 Å². The Hall–Kier alpha value is -0.280. The molecule has 2 N–H and O–H groups in total. The Morgan fingerprint density at radius 2 is 2.07 bits per heavy atom. The molecule has 0 saturated heterocycles. The second-order valence-electron chi connectivity index (χ2n) is 4.51. The number of esters is 1. The summed E-state index contributed by atoms with van der Waals surface area (Å²) < 4.78 is 4.71. The van der Waals surface area contributed by atoms with E-state index in [1.54, 1.807) is 0 Å². The lowest BCUT2D eigenvalue weighted by molar-refractivity contribution is -0.145. The van der Waals surface area contributed by atoms with Crippen LogP contribution < -0.4 is 5.73 Å². The molecule has 0 radical (unpaired) electrons. The maximum absolute atomic E-state index is 11.3. The quantitative estimate of drug-likeness (QED) is 0.716. The molecule has 0 amide bonds. The first-order chi connectivity index (χ1) is 6.18. The molecular weight excluding hydrogens is 202 g/mol. The van der Waals surface area contributed by atoms with Gasteiger partial charge in [-0.25, -0.2) is 0 Å². The van der Waals surface area contributed by atoms with Crippen molar-refractivity contribution in [3.8, 4) is 0 Å². The molecule has 0 spiro atoms. The smallest absolute Gasteiger partial charge is 0.323 e. The van der Waals surface area contributed by atoms with Crippen molar-refractivity contribution in [3.63, 3.8) is 0 Å². The van der Waals surface area contributed by atoms with Crippen molar-refractivity contribution in [2.75, 3.05) is 7.11 Å². The van der Waals surface area contributed by atoms with Gasteiger partial charge in [-0.15, -0.1) is 12.4 Å². The zero-order valence-electron chi connectivity index (χ0n) is 8.49. The average Bonchev–Trinajstić information content (AvgIpc) is 2.76. The molecular formula is C10H18ClNO2. The molecule has 14 heavy (non-hydrogen) atoms. The summed E-state index contributed by atoms with van der Waals surface area (Å²) in [6.07, 6.45) is 5.89. The van der Waals surface area contributed by atoms with Gasteiger partial charge in [-0.05, 0) is 43.4 Å². The second-order valence-corrected chi connectivity index (χ2v) is 4.51. The minimum atomic E-state index is -0.384. The van der Waals surface area contributed by atoms with Gasteiger partial charge in [0.15, 0.2) is 0 Å². The van der Waals surface area contributed by atoms with Crippen LogP contribution in [-0.2, 0) is 9.53 Å². The molecule has 4 heteroatoms. The molecule has 2 saturated carbocycles. The summed E-state index contributed by atoms with van der Waals surface area (Å²) >= 11 is 0. The largest absolute Gasteiger partial charge is 0.468 e. The van der Waals surface area contributed by atoms with Gasteiger partial charge in [0.25, 0.3) is 0 Å². The third-order valence-corrected chi connectivity index (χ3v) is 3.91. The van der Waals surface area contributed by atoms with Crippen LogP contribution in [0.1, 0.15) is 32.1 Å². The fourth-order valence-corrected chi connectivity index (χ4v) is 3.05. The van der Waals surface area contributed by atoms with E-state index in [1.165, 1.54) is 20.0 Å². The zero-order valence-corrected chi connectivity index (χ0v) is 9.31. The average molecular weight is 220 g/mol. The number of halogens is 1. The van der Waals surface area contributed by atoms with Crippen molar-refractivity contribution in [2.24, 2.45) is 17.1 Å². The van der Waals surface area contributed by atoms with E-state index < -0.39 is 0 Å². The summed E-state index contributed by atoms with van der Waals surface area (Å²) in [6.45, 7) is 0. The molecule has 2 fully saturated rings. The molecule has 2 aliphatic carbocycles. The van der Waals surface area contributed by atoms with Crippen LogP contribution in [-0.4, -0.2) is 19.1 Å². The predicted molar refractivity (Wildman–Crippen MR) is 56.2 cm³/mol. The van der Waals surface area contributed by atoms with Gasteiger partial charge in [-0.3, -0.25) is 4.79 Å². The number of nitrogens with two attached hydrogens (primary N) is 1. The van der Waals surface area contributed by atoms with Crippen LogP contribution in [0.25, 0.3) is 0 Å². The molecule has 82 valence electrons. The van der Waals surface area contributed by atoms with Gasteiger partial charge in [0.2, 0.25) is 0 Å². The van der Waals surface area contributed by atoms with Gasteiger partial charge < -0.3 is 10.5 Å². The Balaban J connectivity index is 0.000000980. The van der Waals surface area contributed by atoms with Crippen LogP contribution >= 0.6 is 12.4 Å². The van der Waals surface area contributed by atoms with E-state index in [0.717, 1.165) is 25.2 Å². The van der Waals surface area contributed by atoms with Gasteiger partial charge in [0.1, 0.15) is 6.04 Å². The lowest BCUT2D eigenvalue weighted by Crippen LogP contribution is -2.45. The topological polar surface area (TPSA) is 52.3 Å². The lowest BCUT2D eigenvalue weighted by Gasteiger charge is -2.31. The lowest BCUT2D eigenvalue weighted by atomic mass is 9.78. The highest BCUT2D eigenvalue weighted by Gasteiger charge is 2.51. The fraction of sp³-hybridized carbons (Fsp3) is 0.900. The van der Waals surface area contributed by atoms with Crippen molar-refractivity contribution >= 4 is 18.4 Å². The van der Waals surface area contributed by atoms with Crippen LogP contribution in [0.5, 0.6) is 0 Å². The fourth-order valence-electron chi connectivity index (χ4n) is 3.05. The number of rotatable bonds is 2. The molecule has 2 rings (SSSR count). The van der Waals surface area contributed by atoms with Crippen molar-refractivity contribution in [1.82, 2.24) is 0 Å². The SMILES string of the molecule is COC(=O)C(N)C12CCC(CC1)C2.Cl. The monoisotopic (exact) mass is 219 g/mol. The Bertz CT molecular complexity index is 224. The van der Waals surface area contributed by atoms with Crippen LogP contribution in [0.3, 0.4) is 0 Å². The standard InChI is InChI=1S/C10H17NO2.ClH/c1-13-9(12)8(11)10-4-2-7(6-10)3-5-10;/h7-8H,2-6,11H2,1H3;1H. The molecule has 0 heterocycles. The molecule has 0 aliphatic heterocycles. The maximum Gasteiger partial charge on any atom is 0.323 e. The van der Waals surface area contributed by atoms with E-state index in [4.69, 9.17) is 10.5 Å². The second kappa shape index (κ2) is 4.07. The van der Waals surface area contributed by atoms with Crippen LogP contribution in [0, 0.1) is 11.3 Å². The Labute approximate surface area is 90.8 Å². The van der Waals surface area contributed by atoms with Crippen LogP contribution in [0.2, 0.25) is 0 Å². The minimum Gasteiger partial charge on any atom is -0.468 e. The molecule has 3 nitrogen and oxygen atoms in total. The third kappa shape index (κ3) is 1.63. The van der Waals surface area contributed by atoms with Crippen molar-refractivity contribution < 1.29 is 9.53 Å². The number of ether oxygens (including phenoxy) is 1. The summed E-state index contributed by atoms with van der Waals surface area (Å²) in [5, 5.41) is 0. The predicted octanol–water partition coefficient (Wildman–Crippen LogP) is 1.49. The summed E-state index contributed by atoms with van der Waals surface area (Å²) in [4.78, 5) is 11.3. The van der Waals surface area contributed by atoms with Crippen LogP contribution in [0.4, 0.5) is 0 Å². The number of fused-ring (bicyclic) bond motifs is 2. The first-order valence-corrected chi connectivity index (χ1v) is 5.01. The summed E-state index contributed by atoms with van der Waals surface area (Å²) in [7, 11) is 1.42. The van der Waals surface area contributed by atoms with Gasteiger partial charge >= 0.3 is 5.97 Å². The molecule has 0 aromatic carbocycles. The maximum atomic E-state index is 11.3. The zero-order chi connectivity index (χ0) is 9.47. The molecule has 1 atom stereocenters. The molecule has 1 unspecified atom stereocenters. The minimum absolute atomic E-state index is 0. The van der Waals surface area contributed by atoms with E-state index in [1.807, 2.05) is 0 Å². The molecule has 0 aromatic heterocycles. The van der Waals surface area contributed by atoms with Gasteiger partial charge in [0.05, 0.1) is 7.11 Å². The molecule has 2 bridgehead atoms. The van der Waals surface area contributed by atoms with E-state index in [9.17, 15) is 4.79 Å². The van der Waals surface area contributed by atoms with E-state index in [0.29, 0.717) is 0 Å². The normalized spacial score (nSPS) is 36.3. The first-order valence-electron chi connectivity index (χ1n) is 5.01. The van der Waals surface area contributed by atoms with Gasteiger partial charge in [-0.2, -0.15) is 0 Å². The summed E-state index contributed by atoms with van der Waals surface area (Å²) in [5.41, 5.74) is 6.03. The number of methoxy groups -OCH3 is 1. The van der Waals surface area contributed by atoms with Crippen molar-refractivity contribution in [2.45, 2.75) is 38.1 Å². The van der Waals surface area contributed by atoms with Gasteiger partial charge in [-0.1, -0.05) is 0 Å². The number of hydrogen-bond donors (Lipinski definition) is 1. The highest BCUT2D eigenvalue weighted by molar-refractivity contribution is 5.85. The first kappa shape index (κ1) is 11.8. The summed E-state index contributed by atoms with van der Waals surface area (Å²) in [5.74, 6) is 0.596. The van der Waals surface area contributed by atoms with E-state index >= 15 is 0 Å².